The molecule has 7 nitrogen and oxygen atoms in total. The van der Waals surface area contributed by atoms with Crippen molar-refractivity contribution in [1.82, 2.24) is 14.7 Å². The topological polar surface area (TPSA) is 62.3 Å². The summed E-state index contributed by atoms with van der Waals surface area (Å²) in [7, 11) is 3.71. The van der Waals surface area contributed by atoms with Crippen LogP contribution in [0.2, 0.25) is 0 Å². The third-order valence-corrected chi connectivity index (χ3v) is 7.53. The van der Waals surface area contributed by atoms with E-state index in [4.69, 9.17) is 9.47 Å². The van der Waals surface area contributed by atoms with Crippen molar-refractivity contribution in [2.45, 2.75) is 76.9 Å². The van der Waals surface area contributed by atoms with E-state index in [0.717, 1.165) is 23.6 Å². The molecule has 1 aliphatic carbocycles. The monoisotopic (exact) mass is 575 g/mol. The predicted molar refractivity (Wildman–Crippen MR) is 149 cm³/mol. The van der Waals surface area contributed by atoms with Gasteiger partial charge < -0.3 is 24.2 Å². The van der Waals surface area contributed by atoms with Crippen LogP contribution in [-0.4, -0.2) is 71.6 Å². The largest absolute Gasteiger partial charge is 0.477 e. The number of amides is 2. The van der Waals surface area contributed by atoms with E-state index in [9.17, 15) is 22.8 Å². The predicted octanol–water partition coefficient (Wildman–Crippen LogP) is 5.89. The van der Waals surface area contributed by atoms with E-state index in [1.165, 1.54) is 17.0 Å². The van der Waals surface area contributed by atoms with Crippen molar-refractivity contribution < 1.29 is 32.2 Å². The van der Waals surface area contributed by atoms with E-state index < -0.39 is 29.0 Å². The summed E-state index contributed by atoms with van der Waals surface area (Å²) in [6.07, 6.45) is -2.62. The van der Waals surface area contributed by atoms with Crippen LogP contribution in [0.4, 0.5) is 18.0 Å². The molecule has 2 amide bonds. The summed E-state index contributed by atoms with van der Waals surface area (Å²) < 4.78 is 53.5. The van der Waals surface area contributed by atoms with Crippen molar-refractivity contribution in [2.75, 3.05) is 33.7 Å². The summed E-state index contributed by atoms with van der Waals surface area (Å²) in [4.78, 5) is 32.0. The molecule has 0 unspecified atom stereocenters. The van der Waals surface area contributed by atoms with Gasteiger partial charge in [0.05, 0.1) is 12.1 Å². The van der Waals surface area contributed by atoms with Crippen molar-refractivity contribution in [1.29, 1.82) is 0 Å². The van der Waals surface area contributed by atoms with Gasteiger partial charge in [0.15, 0.2) is 5.60 Å². The van der Waals surface area contributed by atoms with Crippen molar-refractivity contribution in [3.63, 3.8) is 0 Å². The quantitative estimate of drug-likeness (QED) is 0.393. The van der Waals surface area contributed by atoms with Crippen LogP contribution in [0.25, 0.3) is 0 Å². The standard InChI is InChI=1S/C31H40F3N3O4/c1-29(2,3)41-28(39)37-17-14-22-11-8-13-26(24(22)21-37)40-30(15-9-16-30)27(38)36(19-18-35(4)5)20-23-10-6-7-12-25(23)31(32,33)34/h6-8,10-13H,9,14-21H2,1-5H3. The molecule has 0 saturated heterocycles. The van der Waals surface area contributed by atoms with Gasteiger partial charge in [-0.3, -0.25) is 4.79 Å². The Hall–Kier alpha value is -3.27. The Bertz CT molecular complexity index is 1250. The number of nitrogens with zero attached hydrogens (tertiary/aromatic N) is 3. The first kappa shape index (κ1) is 30.7. The molecule has 1 heterocycles. The van der Waals surface area contributed by atoms with Gasteiger partial charge in [-0.1, -0.05) is 30.3 Å². The molecule has 10 heteroatoms. The number of ether oxygens (including phenoxy) is 2. The van der Waals surface area contributed by atoms with Crippen LogP contribution in [-0.2, 0) is 35.2 Å². The zero-order chi connectivity index (χ0) is 30.0. The molecule has 4 rings (SSSR count). The fourth-order valence-corrected chi connectivity index (χ4v) is 5.20. The first-order valence-electron chi connectivity index (χ1n) is 14.1. The van der Waals surface area contributed by atoms with Gasteiger partial charge in [0.2, 0.25) is 0 Å². The summed E-state index contributed by atoms with van der Waals surface area (Å²) in [5.41, 5.74) is -0.643. The Balaban J connectivity index is 1.60. The summed E-state index contributed by atoms with van der Waals surface area (Å²) in [6.45, 7) is 6.81. The molecule has 0 bridgehead atoms. The number of benzene rings is 2. The molecular formula is C31H40F3N3O4. The lowest BCUT2D eigenvalue weighted by atomic mass is 9.78. The molecular weight excluding hydrogens is 535 g/mol. The SMILES string of the molecule is CN(C)CCN(Cc1ccccc1C(F)(F)F)C(=O)C1(Oc2cccc3c2CN(C(=O)OC(C)(C)C)CC3)CCC1. The summed E-state index contributed by atoms with van der Waals surface area (Å²) in [5, 5.41) is 0. The van der Waals surface area contributed by atoms with Crippen LogP contribution in [0, 0.1) is 0 Å². The molecule has 1 saturated carbocycles. The third kappa shape index (κ3) is 7.33. The number of halogens is 3. The maximum absolute atomic E-state index is 14.1. The number of carbonyl (C=O) groups excluding carboxylic acids is 2. The fraction of sp³-hybridized carbons (Fsp3) is 0.548. The van der Waals surface area contributed by atoms with E-state index in [2.05, 4.69) is 0 Å². The molecule has 1 fully saturated rings. The van der Waals surface area contributed by atoms with Crippen LogP contribution < -0.4 is 4.74 Å². The number of carbonyl (C=O) groups is 2. The fourth-order valence-electron chi connectivity index (χ4n) is 5.20. The molecule has 0 aromatic heterocycles. The molecule has 0 spiro atoms. The Labute approximate surface area is 240 Å². The van der Waals surface area contributed by atoms with Crippen molar-refractivity contribution in [2.24, 2.45) is 0 Å². The minimum atomic E-state index is -4.53. The van der Waals surface area contributed by atoms with Gasteiger partial charge in [0.1, 0.15) is 11.4 Å². The van der Waals surface area contributed by atoms with Crippen molar-refractivity contribution >= 4 is 12.0 Å². The molecule has 2 aromatic rings. The number of alkyl halides is 3. The molecule has 2 aromatic carbocycles. The molecule has 41 heavy (non-hydrogen) atoms. The highest BCUT2D eigenvalue weighted by molar-refractivity contribution is 5.87. The summed E-state index contributed by atoms with van der Waals surface area (Å²) >= 11 is 0. The molecule has 0 atom stereocenters. The number of likely N-dealkylation sites (N-methyl/N-ethyl adjacent to an activating group) is 1. The molecule has 2 aliphatic rings. The van der Waals surface area contributed by atoms with Crippen LogP contribution in [0.15, 0.2) is 42.5 Å². The van der Waals surface area contributed by atoms with Gasteiger partial charge in [-0.25, -0.2) is 4.79 Å². The lowest BCUT2D eigenvalue weighted by Crippen LogP contribution is -2.58. The van der Waals surface area contributed by atoms with Crippen LogP contribution >= 0.6 is 0 Å². The summed E-state index contributed by atoms with van der Waals surface area (Å²) in [5.74, 6) is 0.201. The minimum Gasteiger partial charge on any atom is -0.477 e. The van der Waals surface area contributed by atoms with Gasteiger partial charge in [-0.2, -0.15) is 13.2 Å². The van der Waals surface area contributed by atoms with E-state index in [1.54, 1.807) is 17.0 Å². The lowest BCUT2D eigenvalue weighted by molar-refractivity contribution is -0.157. The van der Waals surface area contributed by atoms with Gasteiger partial charge in [-0.05, 0) is 83.8 Å². The van der Waals surface area contributed by atoms with E-state index in [1.807, 2.05) is 51.9 Å². The average Bonchev–Trinajstić information content (AvgIpc) is 2.86. The maximum atomic E-state index is 14.1. The number of rotatable bonds is 8. The van der Waals surface area contributed by atoms with Gasteiger partial charge in [-0.15, -0.1) is 0 Å². The van der Waals surface area contributed by atoms with Crippen LogP contribution in [0.5, 0.6) is 5.75 Å². The Morgan fingerprint density at radius 3 is 2.32 bits per heavy atom. The summed E-state index contributed by atoms with van der Waals surface area (Å²) in [6, 6.07) is 11.0. The zero-order valence-corrected chi connectivity index (χ0v) is 24.5. The second-order valence-electron chi connectivity index (χ2n) is 12.2. The van der Waals surface area contributed by atoms with E-state index >= 15 is 0 Å². The van der Waals surface area contributed by atoms with E-state index in [-0.39, 0.29) is 31.1 Å². The minimum absolute atomic E-state index is 0.0478. The normalized spacial score (nSPS) is 16.6. The smallest absolute Gasteiger partial charge is 0.416 e. The van der Waals surface area contributed by atoms with E-state index in [0.29, 0.717) is 38.1 Å². The third-order valence-electron chi connectivity index (χ3n) is 7.53. The van der Waals surface area contributed by atoms with Crippen molar-refractivity contribution in [3.8, 4) is 5.75 Å². The number of hydrogen-bond acceptors (Lipinski definition) is 5. The Kier molecular flexibility index (Phi) is 8.92. The molecule has 224 valence electrons. The van der Waals surface area contributed by atoms with Gasteiger partial charge in [0, 0.05) is 31.7 Å². The average molecular weight is 576 g/mol. The van der Waals surface area contributed by atoms with Gasteiger partial charge >= 0.3 is 12.3 Å². The molecule has 1 aliphatic heterocycles. The lowest BCUT2D eigenvalue weighted by Gasteiger charge is -2.44. The Morgan fingerprint density at radius 2 is 1.71 bits per heavy atom. The van der Waals surface area contributed by atoms with Crippen molar-refractivity contribution in [3.05, 3.63) is 64.7 Å². The van der Waals surface area contributed by atoms with Crippen LogP contribution in [0.1, 0.15) is 62.3 Å². The maximum Gasteiger partial charge on any atom is 0.416 e. The highest BCUT2D eigenvalue weighted by Gasteiger charge is 2.49. The zero-order valence-electron chi connectivity index (χ0n) is 24.5. The number of fused-ring (bicyclic) bond motifs is 1. The molecule has 0 radical (unpaired) electrons. The van der Waals surface area contributed by atoms with Gasteiger partial charge in [0.25, 0.3) is 5.91 Å². The van der Waals surface area contributed by atoms with Crippen LogP contribution in [0.3, 0.4) is 0 Å². The highest BCUT2D eigenvalue weighted by Crippen LogP contribution is 2.41. The number of hydrogen-bond donors (Lipinski definition) is 0. The first-order valence-corrected chi connectivity index (χ1v) is 14.1. The Morgan fingerprint density at radius 1 is 1.00 bits per heavy atom. The first-order chi connectivity index (χ1) is 19.2. The second-order valence-corrected chi connectivity index (χ2v) is 12.2. The second kappa shape index (κ2) is 11.9. The highest BCUT2D eigenvalue weighted by atomic mass is 19.4. The molecule has 0 N–H and O–H groups in total.